The Bertz CT molecular complexity index is 1540. The van der Waals surface area contributed by atoms with Crippen LogP contribution in [0.3, 0.4) is 0 Å². The lowest BCUT2D eigenvalue weighted by Crippen LogP contribution is -2.17. The number of nitrogens with one attached hydrogen (secondary N) is 2. The summed E-state index contributed by atoms with van der Waals surface area (Å²) in [4.78, 5) is 16.0. The van der Waals surface area contributed by atoms with Crippen LogP contribution in [0.5, 0.6) is 0 Å². The van der Waals surface area contributed by atoms with Gasteiger partial charge in [0.05, 0.1) is 16.9 Å². The van der Waals surface area contributed by atoms with Crippen LogP contribution in [0.25, 0.3) is 28.0 Å². The Balaban J connectivity index is 1.33. The first kappa shape index (κ1) is 21.6. The molecule has 0 aliphatic rings. The first-order chi connectivity index (χ1) is 16.6. The van der Waals surface area contributed by atoms with Crippen LogP contribution in [-0.4, -0.2) is 31.4 Å². The zero-order chi connectivity index (χ0) is 23.7. The zero-order valence-corrected chi connectivity index (χ0v) is 19.3. The van der Waals surface area contributed by atoms with E-state index in [1.54, 1.807) is 0 Å². The summed E-state index contributed by atoms with van der Waals surface area (Å²) in [5, 5.41) is 22.1. The number of H-pyrrole nitrogens is 1. The smallest absolute Gasteiger partial charge is 0.277 e. The van der Waals surface area contributed by atoms with Gasteiger partial charge in [0, 0.05) is 28.5 Å². The highest BCUT2D eigenvalue weighted by Gasteiger charge is 2.21. The van der Waals surface area contributed by atoms with Gasteiger partial charge in [-0.25, -0.2) is 0 Å². The second-order valence-electron chi connectivity index (χ2n) is 7.67. The monoisotopic (exact) mass is 468 g/mol. The van der Waals surface area contributed by atoms with E-state index in [9.17, 15) is 10.1 Å². The van der Waals surface area contributed by atoms with Gasteiger partial charge in [-0.05, 0) is 37.6 Å². The van der Waals surface area contributed by atoms with Gasteiger partial charge in [0.1, 0.15) is 11.9 Å². The number of para-hydroxylation sites is 2. The van der Waals surface area contributed by atoms with E-state index in [-0.39, 0.29) is 11.7 Å². The molecule has 1 amide bonds. The number of nitriles is 1. The molecule has 2 N–H and O–H groups in total. The number of fused-ring (bicyclic) bond motifs is 1. The Hall–Kier alpha value is -4.29. The number of aromatic nitrogens is 4. The molecule has 0 spiro atoms. The molecule has 0 fully saturated rings. The summed E-state index contributed by atoms with van der Waals surface area (Å²) in [6.07, 6.45) is 1.82. The molecule has 0 aliphatic heterocycles. The standard InChI is InChI=1S/C25H20N6O2S/c1-15-16(2)31(17-8-4-3-5-9-17)23(19(15)12-26)28-22(32)14-34-25-30-29-24(33-25)20-13-27-21-11-7-6-10-18(20)21/h3-11,13,27H,14H2,1-2H3,(H,28,32). The molecule has 3 heterocycles. The molecule has 34 heavy (non-hydrogen) atoms. The quantitative estimate of drug-likeness (QED) is 0.330. The number of rotatable bonds is 6. The lowest BCUT2D eigenvalue weighted by molar-refractivity contribution is -0.113. The van der Waals surface area contributed by atoms with E-state index in [1.807, 2.05) is 79.2 Å². The molecule has 2 aromatic carbocycles. The van der Waals surface area contributed by atoms with Crippen molar-refractivity contribution in [2.24, 2.45) is 0 Å². The SMILES string of the molecule is Cc1c(C#N)c(NC(=O)CSc2nnc(-c3c[nH]c4ccccc34)o2)n(-c2ccccc2)c1C. The van der Waals surface area contributed by atoms with E-state index in [4.69, 9.17) is 4.42 Å². The van der Waals surface area contributed by atoms with Gasteiger partial charge < -0.3 is 14.7 Å². The second-order valence-corrected chi connectivity index (χ2v) is 8.60. The average molecular weight is 469 g/mol. The summed E-state index contributed by atoms with van der Waals surface area (Å²) >= 11 is 1.14. The van der Waals surface area contributed by atoms with Gasteiger partial charge in [0.2, 0.25) is 5.91 Å². The Morgan fingerprint density at radius 3 is 2.71 bits per heavy atom. The lowest BCUT2D eigenvalue weighted by Gasteiger charge is -2.12. The lowest BCUT2D eigenvalue weighted by atomic mass is 10.2. The summed E-state index contributed by atoms with van der Waals surface area (Å²) < 4.78 is 7.67. The van der Waals surface area contributed by atoms with Crippen molar-refractivity contribution < 1.29 is 9.21 Å². The van der Waals surface area contributed by atoms with Gasteiger partial charge in [-0.15, -0.1) is 10.2 Å². The molecule has 0 aliphatic carbocycles. The summed E-state index contributed by atoms with van der Waals surface area (Å²) in [5.41, 5.74) is 4.82. The zero-order valence-electron chi connectivity index (χ0n) is 18.5. The van der Waals surface area contributed by atoms with Crippen molar-refractivity contribution in [2.75, 3.05) is 11.1 Å². The number of aromatic amines is 1. The van der Waals surface area contributed by atoms with Crippen LogP contribution in [-0.2, 0) is 4.79 Å². The number of hydrogen-bond acceptors (Lipinski definition) is 6. The van der Waals surface area contributed by atoms with E-state index in [1.165, 1.54) is 0 Å². The summed E-state index contributed by atoms with van der Waals surface area (Å²) in [6, 6.07) is 19.7. The van der Waals surface area contributed by atoms with Crippen LogP contribution in [0, 0.1) is 25.2 Å². The summed E-state index contributed by atoms with van der Waals surface area (Å²) in [7, 11) is 0. The molecular formula is C25H20N6O2S. The molecule has 5 rings (SSSR count). The molecule has 0 atom stereocenters. The fourth-order valence-corrected chi connectivity index (χ4v) is 4.44. The molecule has 0 saturated carbocycles. The molecule has 9 heteroatoms. The summed E-state index contributed by atoms with van der Waals surface area (Å²) in [5.74, 6) is 0.622. The van der Waals surface area contributed by atoms with Gasteiger partial charge in [0.15, 0.2) is 0 Å². The molecule has 0 unspecified atom stereocenters. The first-order valence-corrected chi connectivity index (χ1v) is 11.6. The second kappa shape index (κ2) is 8.92. The number of hydrogen-bond donors (Lipinski definition) is 2. The molecule has 168 valence electrons. The minimum atomic E-state index is -0.275. The Morgan fingerprint density at radius 2 is 1.91 bits per heavy atom. The van der Waals surface area contributed by atoms with Crippen molar-refractivity contribution in [1.82, 2.24) is 19.7 Å². The third kappa shape index (κ3) is 3.84. The highest BCUT2D eigenvalue weighted by Crippen LogP contribution is 2.31. The predicted octanol–water partition coefficient (Wildman–Crippen LogP) is 5.23. The minimum Gasteiger partial charge on any atom is -0.411 e. The minimum absolute atomic E-state index is 0.0540. The van der Waals surface area contributed by atoms with Crippen LogP contribution in [0.1, 0.15) is 16.8 Å². The van der Waals surface area contributed by atoms with Crippen molar-refractivity contribution in [3.63, 3.8) is 0 Å². The number of anilines is 1. The number of carbonyl (C=O) groups is 1. The van der Waals surface area contributed by atoms with Crippen molar-refractivity contribution in [2.45, 2.75) is 19.1 Å². The summed E-state index contributed by atoms with van der Waals surface area (Å²) in [6.45, 7) is 3.81. The fourth-order valence-electron chi connectivity index (χ4n) is 3.88. The van der Waals surface area contributed by atoms with Crippen LogP contribution in [0.2, 0.25) is 0 Å². The van der Waals surface area contributed by atoms with E-state index < -0.39 is 0 Å². The van der Waals surface area contributed by atoms with Gasteiger partial charge in [-0.3, -0.25) is 9.36 Å². The average Bonchev–Trinajstić information content (AvgIpc) is 3.55. The Kier molecular flexibility index (Phi) is 5.65. The van der Waals surface area contributed by atoms with Crippen LogP contribution >= 0.6 is 11.8 Å². The van der Waals surface area contributed by atoms with E-state index >= 15 is 0 Å². The highest BCUT2D eigenvalue weighted by molar-refractivity contribution is 7.99. The highest BCUT2D eigenvalue weighted by atomic mass is 32.2. The molecular weight excluding hydrogens is 448 g/mol. The maximum absolute atomic E-state index is 12.8. The van der Waals surface area contributed by atoms with Gasteiger partial charge in [-0.1, -0.05) is 48.2 Å². The Labute approximate surface area is 199 Å². The van der Waals surface area contributed by atoms with E-state index in [2.05, 4.69) is 26.6 Å². The number of amides is 1. The molecule has 0 bridgehead atoms. The maximum Gasteiger partial charge on any atom is 0.277 e. The Morgan fingerprint density at radius 1 is 1.15 bits per heavy atom. The van der Waals surface area contributed by atoms with Crippen molar-refractivity contribution in [1.29, 1.82) is 5.26 Å². The third-order valence-corrected chi connectivity index (χ3v) is 6.47. The fraction of sp³-hybridized carbons (Fsp3) is 0.120. The topological polar surface area (TPSA) is 113 Å². The molecule has 0 saturated heterocycles. The van der Waals surface area contributed by atoms with Gasteiger partial charge in [-0.2, -0.15) is 5.26 Å². The van der Waals surface area contributed by atoms with Gasteiger partial charge in [0.25, 0.3) is 11.1 Å². The number of thioether (sulfide) groups is 1. The van der Waals surface area contributed by atoms with Crippen LogP contribution in [0.4, 0.5) is 5.82 Å². The molecule has 5 aromatic rings. The number of carbonyl (C=O) groups excluding carboxylic acids is 1. The van der Waals surface area contributed by atoms with Crippen molar-refractivity contribution >= 4 is 34.4 Å². The van der Waals surface area contributed by atoms with Crippen molar-refractivity contribution in [3.8, 4) is 23.2 Å². The number of benzene rings is 2. The maximum atomic E-state index is 12.8. The normalized spacial score (nSPS) is 11.0. The van der Waals surface area contributed by atoms with Crippen LogP contribution < -0.4 is 5.32 Å². The van der Waals surface area contributed by atoms with Gasteiger partial charge >= 0.3 is 0 Å². The number of nitrogens with zero attached hydrogens (tertiary/aromatic N) is 4. The van der Waals surface area contributed by atoms with Crippen molar-refractivity contribution in [3.05, 3.63) is 77.6 Å². The third-order valence-electron chi connectivity index (χ3n) is 5.65. The van der Waals surface area contributed by atoms with E-state index in [0.29, 0.717) is 22.5 Å². The molecule has 8 nitrogen and oxygen atoms in total. The predicted molar refractivity (Wildman–Crippen MR) is 131 cm³/mol. The van der Waals surface area contributed by atoms with Crippen LogP contribution in [0.15, 0.2) is 70.4 Å². The molecule has 3 aromatic heterocycles. The first-order valence-electron chi connectivity index (χ1n) is 10.6. The largest absolute Gasteiger partial charge is 0.411 e. The molecule has 0 radical (unpaired) electrons. The van der Waals surface area contributed by atoms with E-state index in [0.717, 1.165) is 45.2 Å².